The van der Waals surface area contributed by atoms with E-state index in [1.54, 1.807) is 0 Å². The first kappa shape index (κ1) is 15.1. The van der Waals surface area contributed by atoms with Crippen LogP contribution in [0.3, 0.4) is 0 Å². The van der Waals surface area contributed by atoms with Gasteiger partial charge in [0, 0.05) is 13.1 Å². The summed E-state index contributed by atoms with van der Waals surface area (Å²) in [6.45, 7) is 7.92. The molecule has 1 saturated carbocycles. The van der Waals surface area contributed by atoms with Gasteiger partial charge in [-0.15, -0.1) is 0 Å². The van der Waals surface area contributed by atoms with Crippen molar-refractivity contribution >= 4 is 11.9 Å². The summed E-state index contributed by atoms with van der Waals surface area (Å²) in [7, 11) is 0. The third kappa shape index (κ3) is 3.05. The molecule has 0 radical (unpaired) electrons. The Balaban J connectivity index is 2.02. The minimum atomic E-state index is -0.816. The van der Waals surface area contributed by atoms with Crippen LogP contribution in [0.2, 0.25) is 0 Å². The second-order valence-corrected chi connectivity index (χ2v) is 7.00. The summed E-state index contributed by atoms with van der Waals surface area (Å²) >= 11 is 0. The number of nitrogens with zero attached hydrogens (tertiary/aromatic N) is 1. The molecule has 1 aliphatic heterocycles. The summed E-state index contributed by atoms with van der Waals surface area (Å²) in [5, 5.41) is 9.20. The molecule has 0 saturated heterocycles. The zero-order chi connectivity index (χ0) is 14.9. The van der Waals surface area contributed by atoms with Crippen LogP contribution in [0, 0.1) is 17.3 Å². The molecular weight excluding hydrogens is 254 g/mol. The fourth-order valence-corrected chi connectivity index (χ4v) is 3.34. The Morgan fingerprint density at radius 2 is 1.90 bits per heavy atom. The zero-order valence-corrected chi connectivity index (χ0v) is 12.7. The van der Waals surface area contributed by atoms with Gasteiger partial charge in [0.1, 0.15) is 0 Å². The highest BCUT2D eigenvalue weighted by atomic mass is 16.4. The molecule has 112 valence electrons. The molecule has 1 aliphatic carbocycles. The fraction of sp³-hybridized carbons (Fsp3) is 0.750. The van der Waals surface area contributed by atoms with Crippen LogP contribution in [-0.4, -0.2) is 35.0 Å². The fourth-order valence-electron chi connectivity index (χ4n) is 3.34. The number of rotatable bonds is 2. The summed E-state index contributed by atoms with van der Waals surface area (Å²) in [4.78, 5) is 25.5. The zero-order valence-electron chi connectivity index (χ0n) is 12.7. The third-order valence-corrected chi connectivity index (χ3v) is 4.63. The number of carbonyl (C=O) groups excluding carboxylic acids is 1. The summed E-state index contributed by atoms with van der Waals surface area (Å²) in [5.41, 5.74) is 1.55. The summed E-state index contributed by atoms with van der Waals surface area (Å²) < 4.78 is 0. The lowest BCUT2D eigenvalue weighted by molar-refractivity contribution is -0.149. The van der Waals surface area contributed by atoms with Gasteiger partial charge in [-0.25, -0.2) is 0 Å². The van der Waals surface area contributed by atoms with E-state index in [-0.39, 0.29) is 17.2 Å². The number of carboxylic acid groups (broad SMARTS) is 1. The van der Waals surface area contributed by atoms with Gasteiger partial charge >= 0.3 is 5.97 Å². The van der Waals surface area contributed by atoms with Crippen LogP contribution in [0.25, 0.3) is 0 Å². The van der Waals surface area contributed by atoms with Crippen LogP contribution in [-0.2, 0) is 9.59 Å². The van der Waals surface area contributed by atoms with Crippen LogP contribution < -0.4 is 0 Å². The molecule has 0 aromatic heterocycles. The first-order valence-corrected chi connectivity index (χ1v) is 7.52. The molecule has 2 unspecified atom stereocenters. The van der Waals surface area contributed by atoms with Crippen molar-refractivity contribution in [2.75, 3.05) is 13.1 Å². The minimum Gasteiger partial charge on any atom is -0.481 e. The largest absolute Gasteiger partial charge is 0.481 e. The normalized spacial score (nSPS) is 27.4. The van der Waals surface area contributed by atoms with Crippen LogP contribution in [0.4, 0.5) is 0 Å². The van der Waals surface area contributed by atoms with Crippen molar-refractivity contribution < 1.29 is 14.7 Å². The quantitative estimate of drug-likeness (QED) is 0.791. The maximum atomic E-state index is 12.5. The van der Waals surface area contributed by atoms with Crippen molar-refractivity contribution in [3.05, 3.63) is 11.6 Å². The Morgan fingerprint density at radius 1 is 1.25 bits per heavy atom. The number of aliphatic carboxylic acids is 1. The molecule has 0 aromatic rings. The number of hydrogen-bond donors (Lipinski definition) is 1. The van der Waals surface area contributed by atoms with Gasteiger partial charge in [0.2, 0.25) is 5.91 Å². The first-order valence-electron chi connectivity index (χ1n) is 7.52. The third-order valence-electron chi connectivity index (χ3n) is 4.63. The van der Waals surface area contributed by atoms with Crippen molar-refractivity contribution in [1.82, 2.24) is 4.90 Å². The van der Waals surface area contributed by atoms with Crippen LogP contribution in [0.1, 0.15) is 46.5 Å². The van der Waals surface area contributed by atoms with Gasteiger partial charge in [-0.05, 0) is 24.7 Å². The molecule has 0 spiro atoms. The molecule has 0 aromatic carbocycles. The lowest BCUT2D eigenvalue weighted by Gasteiger charge is -2.34. The number of hydrogen-bond acceptors (Lipinski definition) is 2. The second-order valence-electron chi connectivity index (χ2n) is 7.00. The van der Waals surface area contributed by atoms with Gasteiger partial charge in [0.05, 0.1) is 11.8 Å². The molecule has 1 amide bonds. The van der Waals surface area contributed by atoms with Gasteiger partial charge in [0.15, 0.2) is 0 Å². The van der Waals surface area contributed by atoms with E-state index >= 15 is 0 Å². The van der Waals surface area contributed by atoms with E-state index in [2.05, 4.69) is 26.8 Å². The predicted molar refractivity (Wildman–Crippen MR) is 77.2 cm³/mol. The Labute approximate surface area is 120 Å². The standard InChI is InChI=1S/C16H25NO3/c1-16(2,3)11-7-9-17(10-8-11)14(18)12-5-4-6-13(12)15(19)20/h7,12-13H,4-6,8-10H2,1-3H3,(H,19,20). The second kappa shape index (κ2) is 5.58. The summed E-state index contributed by atoms with van der Waals surface area (Å²) in [6.07, 6.45) is 5.26. The number of amides is 1. The van der Waals surface area contributed by atoms with E-state index in [4.69, 9.17) is 0 Å². The monoisotopic (exact) mass is 279 g/mol. The number of carbonyl (C=O) groups is 2. The molecule has 4 nitrogen and oxygen atoms in total. The smallest absolute Gasteiger partial charge is 0.307 e. The highest BCUT2D eigenvalue weighted by molar-refractivity contribution is 5.85. The molecule has 2 aliphatic rings. The molecule has 2 rings (SSSR count). The van der Waals surface area contributed by atoms with E-state index in [1.165, 1.54) is 5.57 Å². The van der Waals surface area contributed by atoms with E-state index < -0.39 is 11.9 Å². The van der Waals surface area contributed by atoms with Crippen LogP contribution in [0.15, 0.2) is 11.6 Å². The Kier molecular flexibility index (Phi) is 4.21. The topological polar surface area (TPSA) is 57.6 Å². The molecule has 1 heterocycles. The maximum absolute atomic E-state index is 12.5. The average molecular weight is 279 g/mol. The van der Waals surface area contributed by atoms with E-state index in [0.29, 0.717) is 13.0 Å². The van der Waals surface area contributed by atoms with Gasteiger partial charge in [-0.1, -0.05) is 38.8 Å². The molecule has 4 heteroatoms. The van der Waals surface area contributed by atoms with Gasteiger partial charge < -0.3 is 10.0 Å². The van der Waals surface area contributed by atoms with Crippen molar-refractivity contribution in [2.24, 2.45) is 17.3 Å². The van der Waals surface area contributed by atoms with Gasteiger partial charge in [-0.3, -0.25) is 9.59 Å². The van der Waals surface area contributed by atoms with E-state index in [1.807, 2.05) is 4.90 Å². The molecule has 1 fully saturated rings. The SMILES string of the molecule is CC(C)(C)C1=CCN(C(=O)C2CCCC2C(=O)O)CC1. The maximum Gasteiger partial charge on any atom is 0.307 e. The van der Waals surface area contributed by atoms with Gasteiger partial charge in [0.25, 0.3) is 0 Å². The van der Waals surface area contributed by atoms with Crippen LogP contribution in [0.5, 0.6) is 0 Å². The number of carboxylic acids is 1. The molecule has 1 N–H and O–H groups in total. The molecule has 0 bridgehead atoms. The van der Waals surface area contributed by atoms with Gasteiger partial charge in [-0.2, -0.15) is 0 Å². The Hall–Kier alpha value is -1.32. The van der Waals surface area contributed by atoms with Crippen LogP contribution >= 0.6 is 0 Å². The van der Waals surface area contributed by atoms with Crippen molar-refractivity contribution in [3.8, 4) is 0 Å². The minimum absolute atomic E-state index is 0.0408. The predicted octanol–water partition coefficient (Wildman–Crippen LogP) is 2.69. The van der Waals surface area contributed by atoms with E-state index in [0.717, 1.165) is 25.8 Å². The molecular formula is C16H25NO3. The summed E-state index contributed by atoms with van der Waals surface area (Å²) in [6, 6.07) is 0. The Bertz CT molecular complexity index is 433. The molecule has 2 atom stereocenters. The lowest BCUT2D eigenvalue weighted by atomic mass is 9.82. The Morgan fingerprint density at radius 3 is 2.40 bits per heavy atom. The highest BCUT2D eigenvalue weighted by Crippen LogP contribution is 2.35. The van der Waals surface area contributed by atoms with Crippen molar-refractivity contribution in [2.45, 2.75) is 46.5 Å². The van der Waals surface area contributed by atoms with Crippen molar-refractivity contribution in [3.63, 3.8) is 0 Å². The average Bonchev–Trinajstić information content (AvgIpc) is 2.86. The first-order chi connectivity index (χ1) is 9.30. The van der Waals surface area contributed by atoms with Crippen molar-refractivity contribution in [1.29, 1.82) is 0 Å². The highest BCUT2D eigenvalue weighted by Gasteiger charge is 2.40. The van der Waals surface area contributed by atoms with E-state index in [9.17, 15) is 14.7 Å². The molecule has 20 heavy (non-hydrogen) atoms. The lowest BCUT2D eigenvalue weighted by Crippen LogP contribution is -2.42. The summed E-state index contributed by atoms with van der Waals surface area (Å²) in [5.74, 6) is -1.56.